The number of nitrogens with zero attached hydrogens (tertiary/aromatic N) is 8. The van der Waals surface area contributed by atoms with E-state index in [1.165, 1.54) is 34.0 Å². The predicted octanol–water partition coefficient (Wildman–Crippen LogP) is 5.67. The second kappa shape index (κ2) is 25.7. The highest BCUT2D eigenvalue weighted by Crippen LogP contribution is 2.41. The SMILES string of the molecule is CC[C@H](NC(=O)[C@H]1C[C@@H](NCCCCCCCCC(=O)NCCn2nc3c(c2C#N)-c2cnc(N)c(n2)N2CCC[C@@H]2c2cc(F)ccc2C(=O)N(C)C3)CN1C(=O)[C@H](NC(=O)[C@@H](C)NC)C(C)(C)C)c1ccccc1. The lowest BCUT2D eigenvalue weighted by Gasteiger charge is -2.36. The summed E-state index contributed by atoms with van der Waals surface area (Å²) < 4.78 is 16.3. The summed E-state index contributed by atoms with van der Waals surface area (Å²) in [5.74, 6) is -1.07. The maximum absolute atomic E-state index is 14.7. The number of carbonyl (C=O) groups excluding carboxylic acids is 5. The van der Waals surface area contributed by atoms with Crippen molar-refractivity contribution in [2.45, 2.75) is 155 Å². The summed E-state index contributed by atoms with van der Waals surface area (Å²) in [5.41, 5.74) is 9.14. The van der Waals surface area contributed by atoms with Crippen molar-refractivity contribution in [2.24, 2.45) is 5.41 Å². The number of amides is 5. The van der Waals surface area contributed by atoms with Gasteiger partial charge in [-0.25, -0.2) is 14.4 Å². The second-order valence-corrected chi connectivity index (χ2v) is 21.5. The first-order valence-electron chi connectivity index (χ1n) is 27.0. The van der Waals surface area contributed by atoms with Crippen molar-refractivity contribution in [1.29, 1.82) is 5.26 Å². The molecule has 3 aliphatic heterocycles. The van der Waals surface area contributed by atoms with Crippen molar-refractivity contribution in [3.05, 3.63) is 88.6 Å². The number of hydrogen-bond donors (Lipinski definition) is 6. The molecule has 2 fully saturated rings. The van der Waals surface area contributed by atoms with Gasteiger partial charge in [0.25, 0.3) is 5.91 Å². The first-order valence-corrected chi connectivity index (χ1v) is 27.0. The van der Waals surface area contributed by atoms with Crippen LogP contribution in [0.25, 0.3) is 11.3 Å². The van der Waals surface area contributed by atoms with Crippen LogP contribution in [0.5, 0.6) is 0 Å². The third-order valence-corrected chi connectivity index (χ3v) is 15.0. The van der Waals surface area contributed by atoms with Gasteiger partial charge >= 0.3 is 0 Å². The standard InChI is InChI=1S/C56H77FN14O5/c1-8-41(36-19-14-13-15-20-36)65-53(74)45-30-38(33-70(45)55(76)49(56(3,4)5)66-52(73)35(2)60-6)61-25-17-12-10-9-11-16-22-47(72)62-26-28-71-46(31-58)48-42-32-63-50(59)51(64-42)69-27-18-21-44(69)40-29-37(57)23-24-39(40)54(75)68(7)34-43(48)67-71/h13-15,19-20,23-24,29,32,35,38,41,44-45,49,60-61H,8-12,16-18,21-22,25-28,30,33-34H2,1-7H3,(H2,59,63)(H,62,72)(H,65,74)(H,66,73)/t35-,38-,41+,44-,45-,49+/m1/s1. The molecular weight excluding hydrogens is 968 g/mol. The van der Waals surface area contributed by atoms with Crippen molar-refractivity contribution in [3.63, 3.8) is 0 Å². The zero-order chi connectivity index (χ0) is 54.7. The third kappa shape index (κ3) is 13.5. The van der Waals surface area contributed by atoms with E-state index in [1.54, 1.807) is 25.9 Å². The summed E-state index contributed by atoms with van der Waals surface area (Å²) in [6.07, 6.45) is 9.86. The van der Waals surface area contributed by atoms with Crippen LogP contribution in [0.3, 0.4) is 0 Å². The van der Waals surface area contributed by atoms with Gasteiger partial charge in [0.15, 0.2) is 11.6 Å². The van der Waals surface area contributed by atoms with Gasteiger partial charge in [0.2, 0.25) is 23.6 Å². The van der Waals surface area contributed by atoms with E-state index in [2.05, 4.69) is 37.6 Å². The minimum Gasteiger partial charge on any atom is -0.381 e. The van der Waals surface area contributed by atoms with E-state index in [4.69, 9.17) is 15.8 Å². The molecule has 0 unspecified atom stereocenters. The molecule has 0 saturated carbocycles. The van der Waals surface area contributed by atoms with Crippen molar-refractivity contribution in [1.82, 2.24) is 56.1 Å². The van der Waals surface area contributed by atoms with Gasteiger partial charge in [0.05, 0.1) is 54.4 Å². The van der Waals surface area contributed by atoms with Crippen LogP contribution in [0.4, 0.5) is 16.0 Å². The van der Waals surface area contributed by atoms with Crippen molar-refractivity contribution in [2.75, 3.05) is 50.9 Å². The van der Waals surface area contributed by atoms with E-state index in [-0.39, 0.29) is 78.8 Å². The fourth-order valence-corrected chi connectivity index (χ4v) is 10.6. The molecule has 7 N–H and O–H groups in total. The van der Waals surface area contributed by atoms with Gasteiger partial charge in [0.1, 0.15) is 29.7 Å². The lowest BCUT2D eigenvalue weighted by Crippen LogP contribution is -2.59. The Kier molecular flexibility index (Phi) is 19.2. The summed E-state index contributed by atoms with van der Waals surface area (Å²) in [7, 11) is 3.34. The summed E-state index contributed by atoms with van der Waals surface area (Å²) in [5, 5.41) is 31.0. The Hall–Kier alpha value is -6.98. The average Bonchev–Trinajstić information content (AvgIpc) is 4.16. The number of halogens is 1. The van der Waals surface area contributed by atoms with Crippen molar-refractivity contribution >= 4 is 41.2 Å². The Bertz CT molecular complexity index is 2740. The van der Waals surface area contributed by atoms with Crippen LogP contribution in [0, 0.1) is 22.6 Å². The van der Waals surface area contributed by atoms with Gasteiger partial charge in [0, 0.05) is 44.7 Å². The minimum atomic E-state index is -0.837. The van der Waals surface area contributed by atoms with Crippen molar-refractivity contribution in [3.8, 4) is 17.3 Å². The zero-order valence-electron chi connectivity index (χ0n) is 45.3. The van der Waals surface area contributed by atoms with E-state index in [1.807, 2.05) is 62.9 Å². The lowest BCUT2D eigenvalue weighted by atomic mass is 9.85. The van der Waals surface area contributed by atoms with Gasteiger partial charge in [-0.1, -0.05) is 83.7 Å². The maximum atomic E-state index is 14.7. The number of nitrogens with two attached hydrogens (primary N) is 1. The van der Waals surface area contributed by atoms with Crippen LogP contribution in [-0.4, -0.2) is 124 Å². The predicted molar refractivity (Wildman–Crippen MR) is 289 cm³/mol. The average molecular weight is 1050 g/mol. The largest absolute Gasteiger partial charge is 0.381 e. The molecule has 0 spiro atoms. The molecule has 6 atom stereocenters. The molecule has 3 aliphatic rings. The zero-order valence-corrected chi connectivity index (χ0v) is 45.3. The Labute approximate surface area is 446 Å². The van der Waals surface area contributed by atoms with Crippen LogP contribution in [0.2, 0.25) is 0 Å². The highest BCUT2D eigenvalue weighted by Gasteiger charge is 2.45. The third-order valence-electron chi connectivity index (χ3n) is 15.0. The Morgan fingerprint density at radius 1 is 1.00 bits per heavy atom. The fourth-order valence-electron chi connectivity index (χ4n) is 10.6. The molecule has 4 aromatic rings. The summed E-state index contributed by atoms with van der Waals surface area (Å²) in [6, 6.07) is 13.6. The smallest absolute Gasteiger partial charge is 0.254 e. The minimum absolute atomic E-state index is 0.0289. The number of nitrogens with one attached hydrogen (secondary N) is 5. The normalized spacial score (nSPS) is 18.5. The fraction of sp³-hybridized carbons (Fsp3) is 0.554. The molecule has 7 rings (SSSR count). The lowest BCUT2D eigenvalue weighted by molar-refractivity contribution is -0.144. The van der Waals surface area contributed by atoms with E-state index < -0.39 is 29.4 Å². The number of likely N-dealkylation sites (tertiary alicyclic amines) is 1. The molecule has 20 heteroatoms. The van der Waals surface area contributed by atoms with E-state index in [0.717, 1.165) is 57.1 Å². The molecule has 0 aliphatic carbocycles. The molecule has 2 bridgehead atoms. The Morgan fingerprint density at radius 3 is 2.45 bits per heavy atom. The molecule has 5 heterocycles. The molecule has 2 aromatic heterocycles. The van der Waals surface area contributed by atoms with Crippen LogP contribution < -0.4 is 37.2 Å². The van der Waals surface area contributed by atoms with Gasteiger partial charge in [-0.2, -0.15) is 10.4 Å². The number of aromatic nitrogens is 4. The molecule has 2 aromatic carbocycles. The van der Waals surface area contributed by atoms with E-state index in [0.29, 0.717) is 72.7 Å². The van der Waals surface area contributed by atoms with Gasteiger partial charge in [-0.15, -0.1) is 0 Å². The number of benzene rings is 2. The number of hydrogen-bond acceptors (Lipinski definition) is 13. The van der Waals surface area contributed by atoms with Crippen LogP contribution >= 0.6 is 0 Å². The topological polar surface area (TPSA) is 249 Å². The van der Waals surface area contributed by atoms with E-state index >= 15 is 0 Å². The van der Waals surface area contributed by atoms with Gasteiger partial charge in [-0.05, 0) is 93.8 Å². The number of nitrogen functional groups attached to an aromatic ring is 1. The number of anilines is 2. The number of rotatable bonds is 21. The van der Waals surface area contributed by atoms with Crippen LogP contribution in [-0.2, 0) is 32.3 Å². The van der Waals surface area contributed by atoms with Crippen LogP contribution in [0.15, 0.2) is 54.7 Å². The van der Waals surface area contributed by atoms with Gasteiger partial charge in [-0.3, -0.25) is 28.7 Å². The quantitative estimate of drug-likeness (QED) is 0.0552. The molecule has 2 saturated heterocycles. The molecule has 0 radical (unpaired) electrons. The number of carbonyl (C=O) groups is 5. The Balaban J connectivity index is 0.882. The first kappa shape index (κ1) is 56.7. The highest BCUT2D eigenvalue weighted by molar-refractivity contribution is 5.96. The maximum Gasteiger partial charge on any atom is 0.254 e. The van der Waals surface area contributed by atoms with Crippen LogP contribution in [0.1, 0.15) is 150 Å². The molecular formula is C56H77FN14O5. The summed E-state index contributed by atoms with van der Waals surface area (Å²) >= 11 is 0. The Morgan fingerprint density at radius 2 is 1.74 bits per heavy atom. The number of nitriles is 1. The van der Waals surface area contributed by atoms with E-state index in [9.17, 15) is 33.6 Å². The molecule has 408 valence electrons. The monoisotopic (exact) mass is 1040 g/mol. The van der Waals surface area contributed by atoms with Crippen molar-refractivity contribution < 1.29 is 28.4 Å². The second-order valence-electron chi connectivity index (χ2n) is 21.5. The summed E-state index contributed by atoms with van der Waals surface area (Å²) in [6.45, 7) is 11.6. The molecule has 19 nitrogen and oxygen atoms in total. The highest BCUT2D eigenvalue weighted by atomic mass is 19.1. The number of fused-ring (bicyclic) bond motifs is 8. The molecule has 5 amide bonds. The number of likely N-dealkylation sites (N-methyl/N-ethyl adjacent to an activating group) is 1. The van der Waals surface area contributed by atoms with Gasteiger partial charge < -0.3 is 47.0 Å². The number of unbranched alkanes of at least 4 members (excludes halogenated alkanes) is 5. The molecule has 76 heavy (non-hydrogen) atoms. The first-order chi connectivity index (χ1) is 36.4. The summed E-state index contributed by atoms with van der Waals surface area (Å²) in [4.78, 5) is 83.1.